The molecule has 26 heavy (non-hydrogen) atoms. The maximum atomic E-state index is 12.2. The Morgan fingerprint density at radius 3 is 2.85 bits per heavy atom. The summed E-state index contributed by atoms with van der Waals surface area (Å²) in [6.45, 7) is 2.54. The lowest BCUT2D eigenvalue weighted by atomic mass is 10.1. The van der Waals surface area contributed by atoms with Gasteiger partial charge in [0.2, 0.25) is 0 Å². The van der Waals surface area contributed by atoms with Gasteiger partial charge in [-0.25, -0.2) is 4.68 Å². The molecule has 1 aromatic heterocycles. The predicted molar refractivity (Wildman–Crippen MR) is 95.1 cm³/mol. The maximum Gasteiger partial charge on any atom is 0.292 e. The van der Waals surface area contributed by atoms with Crippen LogP contribution < -0.4 is 16.0 Å². The molecule has 10 nitrogen and oxygen atoms in total. The van der Waals surface area contributed by atoms with Crippen molar-refractivity contribution < 1.29 is 9.72 Å². The first-order valence-corrected chi connectivity index (χ1v) is 8.53. The number of piperidine rings is 1. The lowest BCUT2D eigenvalue weighted by molar-refractivity contribution is -0.384. The fourth-order valence-electron chi connectivity index (χ4n) is 2.88. The molecule has 0 atom stereocenters. The molecular formula is C16H21N7O3. The van der Waals surface area contributed by atoms with Crippen molar-refractivity contribution in [3.05, 3.63) is 46.3 Å². The number of nitrogens with zero attached hydrogens (tertiary/aromatic N) is 4. The van der Waals surface area contributed by atoms with Gasteiger partial charge < -0.3 is 16.0 Å². The smallest absolute Gasteiger partial charge is 0.292 e. The third-order valence-corrected chi connectivity index (χ3v) is 4.25. The molecular weight excluding hydrogens is 338 g/mol. The first-order chi connectivity index (χ1) is 12.6. The van der Waals surface area contributed by atoms with Crippen LogP contribution in [0.25, 0.3) is 0 Å². The highest BCUT2D eigenvalue weighted by Gasteiger charge is 2.18. The van der Waals surface area contributed by atoms with Crippen molar-refractivity contribution in [2.24, 2.45) is 0 Å². The number of amides is 1. The Labute approximate surface area is 150 Å². The van der Waals surface area contributed by atoms with Crippen molar-refractivity contribution >= 4 is 17.3 Å². The van der Waals surface area contributed by atoms with Crippen LogP contribution in [0.4, 0.5) is 11.4 Å². The first-order valence-electron chi connectivity index (χ1n) is 8.53. The number of nitro groups is 1. The van der Waals surface area contributed by atoms with Gasteiger partial charge in [-0.3, -0.25) is 14.9 Å². The van der Waals surface area contributed by atoms with E-state index in [9.17, 15) is 14.9 Å². The molecule has 0 bridgehead atoms. The second-order valence-electron chi connectivity index (χ2n) is 6.02. The third-order valence-electron chi connectivity index (χ3n) is 4.25. The molecule has 1 aliphatic rings. The lowest BCUT2D eigenvalue weighted by Gasteiger charge is -2.22. The van der Waals surface area contributed by atoms with Crippen LogP contribution in [0.2, 0.25) is 0 Å². The Bertz CT molecular complexity index is 771. The molecule has 0 radical (unpaired) electrons. The lowest BCUT2D eigenvalue weighted by Crippen LogP contribution is -2.30. The Hall–Kier alpha value is -3.01. The van der Waals surface area contributed by atoms with Gasteiger partial charge in [0.05, 0.1) is 17.2 Å². The highest BCUT2D eigenvalue weighted by atomic mass is 16.6. The molecule has 138 valence electrons. The minimum atomic E-state index is -0.444. The number of nitro benzene ring substituents is 1. The Kier molecular flexibility index (Phi) is 5.74. The molecule has 1 amide bonds. The van der Waals surface area contributed by atoms with Crippen LogP contribution in [0.5, 0.6) is 0 Å². The Morgan fingerprint density at radius 2 is 2.08 bits per heavy atom. The number of carbonyl (C=O) groups excluding carboxylic acids is 1. The number of hydrogen-bond acceptors (Lipinski definition) is 7. The monoisotopic (exact) mass is 359 g/mol. The molecule has 1 saturated heterocycles. The zero-order valence-electron chi connectivity index (χ0n) is 14.2. The van der Waals surface area contributed by atoms with Gasteiger partial charge in [-0.05, 0) is 32.0 Å². The van der Waals surface area contributed by atoms with Crippen LogP contribution in [0.15, 0.2) is 30.5 Å². The predicted octanol–water partition coefficient (Wildman–Crippen LogP) is 0.953. The van der Waals surface area contributed by atoms with Crippen LogP contribution in [0, 0.1) is 10.1 Å². The van der Waals surface area contributed by atoms with Crippen LogP contribution in [0.3, 0.4) is 0 Å². The summed E-state index contributed by atoms with van der Waals surface area (Å²) in [6, 6.07) is 6.65. The van der Waals surface area contributed by atoms with Crippen molar-refractivity contribution in [2.75, 3.05) is 31.5 Å². The summed E-state index contributed by atoms with van der Waals surface area (Å²) in [5.41, 5.74) is 0.696. The topological polar surface area (TPSA) is 127 Å². The van der Waals surface area contributed by atoms with Crippen molar-refractivity contribution in [3.8, 4) is 0 Å². The second-order valence-corrected chi connectivity index (χ2v) is 6.02. The van der Waals surface area contributed by atoms with E-state index in [1.165, 1.54) is 6.07 Å². The maximum absolute atomic E-state index is 12.2. The number of hydrogen-bond donors (Lipinski definition) is 3. The number of anilines is 1. The van der Waals surface area contributed by atoms with Gasteiger partial charge in [0.15, 0.2) is 5.69 Å². The number of benzene rings is 1. The van der Waals surface area contributed by atoms with E-state index in [0.717, 1.165) is 25.9 Å². The summed E-state index contributed by atoms with van der Waals surface area (Å²) in [4.78, 5) is 22.7. The largest absolute Gasteiger partial charge is 0.378 e. The number of rotatable bonds is 7. The van der Waals surface area contributed by atoms with Crippen LogP contribution in [-0.2, 0) is 0 Å². The molecule has 1 aliphatic heterocycles. The van der Waals surface area contributed by atoms with Gasteiger partial charge in [-0.1, -0.05) is 17.3 Å². The SMILES string of the molecule is O=C(NCCNc1ccccc1[N+](=O)[O-])c1cn(C2CCNCC2)nn1. The molecule has 2 heterocycles. The minimum Gasteiger partial charge on any atom is -0.378 e. The average Bonchev–Trinajstić information content (AvgIpc) is 3.16. The summed E-state index contributed by atoms with van der Waals surface area (Å²) >= 11 is 0. The number of carbonyl (C=O) groups is 1. The van der Waals surface area contributed by atoms with Crippen LogP contribution in [-0.4, -0.2) is 52.0 Å². The summed E-state index contributed by atoms with van der Waals surface area (Å²) < 4.78 is 1.75. The van der Waals surface area contributed by atoms with Crippen molar-refractivity contribution in [3.63, 3.8) is 0 Å². The first kappa shape index (κ1) is 17.8. The molecule has 10 heteroatoms. The third kappa shape index (κ3) is 4.33. The zero-order valence-corrected chi connectivity index (χ0v) is 14.2. The van der Waals surface area contributed by atoms with Crippen LogP contribution in [0.1, 0.15) is 29.4 Å². The van der Waals surface area contributed by atoms with Crippen molar-refractivity contribution in [1.29, 1.82) is 0 Å². The molecule has 2 aromatic rings. The van der Waals surface area contributed by atoms with E-state index in [1.807, 2.05) is 0 Å². The molecule has 3 rings (SSSR count). The molecule has 1 fully saturated rings. The van der Waals surface area contributed by atoms with Crippen molar-refractivity contribution in [2.45, 2.75) is 18.9 Å². The summed E-state index contributed by atoms with van der Waals surface area (Å²) in [5.74, 6) is -0.311. The normalized spacial score (nSPS) is 14.8. The van der Waals surface area contributed by atoms with Gasteiger partial charge in [0.25, 0.3) is 11.6 Å². The second kappa shape index (κ2) is 8.39. The van der Waals surface area contributed by atoms with Gasteiger partial charge in [0, 0.05) is 19.2 Å². The molecule has 3 N–H and O–H groups in total. The van der Waals surface area contributed by atoms with Gasteiger partial charge in [-0.15, -0.1) is 5.10 Å². The van der Waals surface area contributed by atoms with Gasteiger partial charge in [-0.2, -0.15) is 0 Å². The fraction of sp³-hybridized carbons (Fsp3) is 0.438. The molecule has 0 spiro atoms. The van der Waals surface area contributed by atoms with E-state index in [0.29, 0.717) is 18.8 Å². The van der Waals surface area contributed by atoms with E-state index in [1.54, 1.807) is 29.1 Å². The average molecular weight is 359 g/mol. The minimum absolute atomic E-state index is 0.00346. The highest BCUT2D eigenvalue weighted by molar-refractivity contribution is 5.91. The highest BCUT2D eigenvalue weighted by Crippen LogP contribution is 2.22. The van der Waals surface area contributed by atoms with E-state index >= 15 is 0 Å². The standard InChI is InChI=1S/C16H21N7O3/c24-16(14-11-22(21-20-14)12-5-7-17-8-6-12)19-10-9-18-13-3-1-2-4-15(13)23(25)26/h1-4,11-12,17-18H,5-10H2,(H,19,24). The number of nitrogens with one attached hydrogen (secondary N) is 3. The Balaban J connectivity index is 1.47. The molecule has 0 saturated carbocycles. The summed E-state index contributed by atoms with van der Waals surface area (Å²) in [5, 5.41) is 27.9. The van der Waals surface area contributed by atoms with E-state index in [4.69, 9.17) is 0 Å². The summed E-state index contributed by atoms with van der Waals surface area (Å²) in [7, 11) is 0. The molecule has 0 unspecified atom stereocenters. The molecule has 1 aromatic carbocycles. The fourth-order valence-corrected chi connectivity index (χ4v) is 2.88. The number of aromatic nitrogens is 3. The Morgan fingerprint density at radius 1 is 1.31 bits per heavy atom. The van der Waals surface area contributed by atoms with Gasteiger partial charge in [0.1, 0.15) is 5.69 Å². The van der Waals surface area contributed by atoms with Crippen LogP contribution >= 0.6 is 0 Å². The zero-order chi connectivity index (χ0) is 18.4. The van der Waals surface area contributed by atoms with Crippen molar-refractivity contribution in [1.82, 2.24) is 25.6 Å². The van der Waals surface area contributed by atoms with E-state index < -0.39 is 4.92 Å². The van der Waals surface area contributed by atoms with E-state index in [2.05, 4.69) is 26.3 Å². The number of para-hydroxylation sites is 2. The van der Waals surface area contributed by atoms with Gasteiger partial charge >= 0.3 is 0 Å². The quantitative estimate of drug-likeness (QED) is 0.381. The van der Waals surface area contributed by atoms with E-state index in [-0.39, 0.29) is 23.3 Å². The summed E-state index contributed by atoms with van der Waals surface area (Å²) in [6.07, 6.45) is 3.59. The molecule has 0 aliphatic carbocycles.